The summed E-state index contributed by atoms with van der Waals surface area (Å²) in [7, 11) is 5.10. The largest absolute Gasteiger partial charge is 0.461 e. The molecule has 5 N–H and O–H groups in total. The highest BCUT2D eigenvalue weighted by atomic mass is 16.5. The molecule has 13 unspecified atom stereocenters. The van der Waals surface area contributed by atoms with Crippen LogP contribution in [0.25, 0.3) is 0 Å². The van der Waals surface area contributed by atoms with E-state index in [2.05, 4.69) is 11.8 Å². The van der Waals surface area contributed by atoms with E-state index in [0.717, 1.165) is 12.8 Å². The number of fused-ring (bicyclic) bond motifs is 2. The van der Waals surface area contributed by atoms with E-state index in [1.807, 2.05) is 0 Å². The maximum Gasteiger partial charge on any atom is 0.340 e. The van der Waals surface area contributed by atoms with Crippen molar-refractivity contribution in [1.82, 2.24) is 4.90 Å². The van der Waals surface area contributed by atoms with Crippen molar-refractivity contribution in [3.8, 4) is 0 Å². The van der Waals surface area contributed by atoms with Crippen molar-refractivity contribution in [3.05, 3.63) is 29.8 Å². The Bertz CT molecular complexity index is 1250. The number of carbonyl (C=O) groups excluding carboxylic acids is 1. The van der Waals surface area contributed by atoms with E-state index in [1.54, 1.807) is 45.6 Å². The second kappa shape index (κ2) is 9.60. The van der Waals surface area contributed by atoms with Crippen molar-refractivity contribution >= 4 is 11.7 Å². The van der Waals surface area contributed by atoms with Crippen LogP contribution in [0.2, 0.25) is 0 Å². The number of ether oxygens (including phenoxy) is 4. The number of methoxy groups -OCH3 is 3. The second-order valence-corrected chi connectivity index (χ2v) is 14.0. The molecule has 5 aliphatic carbocycles. The topological polar surface area (TPSA) is 144 Å². The van der Waals surface area contributed by atoms with Gasteiger partial charge in [-0.05, 0) is 49.8 Å². The highest BCUT2D eigenvalue weighted by Crippen LogP contribution is 2.81. The molecule has 1 aromatic rings. The molecule has 7 rings (SSSR count). The number of nitrogens with zero attached hydrogens (tertiary/aromatic N) is 1. The summed E-state index contributed by atoms with van der Waals surface area (Å²) in [6, 6.07) is 6.46. The summed E-state index contributed by atoms with van der Waals surface area (Å²) in [6.07, 6.45) is 1.73. The standard InChI is InChI=1S/C32H46N2O8/c1-5-34-15-29(16-42-27(36)17-8-6-7-9-21(17)33)11-10-23(40-3)31-19-12-18-22(39-2)13-30(37,24(19)25(18)41-4)32(38,28(31)34)20(14-35)26(29)31/h6-9,18-20,22-26,28,35,37-38H,5,10-16,33H2,1-4H3. The molecule has 0 radical (unpaired) electrons. The number of benzene rings is 1. The van der Waals surface area contributed by atoms with E-state index in [-0.39, 0.29) is 61.6 Å². The number of nitrogens with two attached hydrogens (primary N) is 1. The number of hydrogen-bond acceptors (Lipinski definition) is 10. The lowest BCUT2D eigenvalue weighted by Crippen LogP contribution is -2.81. The predicted octanol–water partition coefficient (Wildman–Crippen LogP) is 1.31. The molecule has 1 saturated heterocycles. The summed E-state index contributed by atoms with van der Waals surface area (Å²) < 4.78 is 24.6. The molecule has 1 aliphatic heterocycles. The molecule has 10 heteroatoms. The number of aliphatic hydroxyl groups excluding tert-OH is 1. The van der Waals surface area contributed by atoms with E-state index >= 15 is 0 Å². The van der Waals surface area contributed by atoms with Crippen molar-refractivity contribution < 1.29 is 39.1 Å². The zero-order valence-corrected chi connectivity index (χ0v) is 25.1. The first-order chi connectivity index (χ1) is 20.1. The first-order valence-corrected chi connectivity index (χ1v) is 15.5. The van der Waals surface area contributed by atoms with Crippen LogP contribution in [0.5, 0.6) is 0 Å². The molecule has 232 valence electrons. The average molecular weight is 587 g/mol. The van der Waals surface area contributed by atoms with Gasteiger partial charge in [0.15, 0.2) is 0 Å². The van der Waals surface area contributed by atoms with Gasteiger partial charge in [-0.1, -0.05) is 19.1 Å². The number of aliphatic hydroxyl groups is 3. The van der Waals surface area contributed by atoms with Crippen LogP contribution < -0.4 is 5.73 Å². The van der Waals surface area contributed by atoms with E-state index < -0.39 is 40.0 Å². The van der Waals surface area contributed by atoms with Crippen molar-refractivity contribution in [3.63, 3.8) is 0 Å². The van der Waals surface area contributed by atoms with Crippen LogP contribution in [0.15, 0.2) is 24.3 Å². The molecule has 0 amide bonds. The Hall–Kier alpha value is -1.79. The van der Waals surface area contributed by atoms with Gasteiger partial charge in [-0.3, -0.25) is 4.90 Å². The lowest BCUT2D eigenvalue weighted by molar-refractivity contribution is -0.318. The predicted molar refractivity (Wildman–Crippen MR) is 152 cm³/mol. The summed E-state index contributed by atoms with van der Waals surface area (Å²) in [5.41, 5.74) is 2.47. The summed E-state index contributed by atoms with van der Waals surface area (Å²) >= 11 is 0. The van der Waals surface area contributed by atoms with Crippen LogP contribution in [0.3, 0.4) is 0 Å². The van der Waals surface area contributed by atoms with E-state index in [0.29, 0.717) is 30.8 Å². The molecule has 6 fully saturated rings. The van der Waals surface area contributed by atoms with E-state index in [9.17, 15) is 20.1 Å². The van der Waals surface area contributed by atoms with Crippen molar-refractivity contribution in [2.45, 2.75) is 68.2 Å². The maximum atomic E-state index is 13.4. The van der Waals surface area contributed by atoms with Crippen molar-refractivity contribution in [2.24, 2.45) is 40.4 Å². The molecule has 1 heterocycles. The zero-order valence-electron chi connectivity index (χ0n) is 25.1. The van der Waals surface area contributed by atoms with E-state index in [4.69, 9.17) is 24.7 Å². The summed E-state index contributed by atoms with van der Waals surface area (Å²) in [5.74, 6) is -1.68. The summed E-state index contributed by atoms with van der Waals surface area (Å²) in [4.78, 5) is 15.7. The number of carbonyl (C=O) groups is 1. The van der Waals surface area contributed by atoms with Gasteiger partial charge < -0.3 is 40.0 Å². The Morgan fingerprint density at radius 1 is 1.14 bits per heavy atom. The molecule has 6 aliphatic rings. The molecule has 1 aromatic carbocycles. The van der Waals surface area contributed by atoms with Crippen LogP contribution >= 0.6 is 0 Å². The first kappa shape index (κ1) is 29.0. The van der Waals surface area contributed by atoms with Crippen LogP contribution in [0.4, 0.5) is 5.69 Å². The van der Waals surface area contributed by atoms with Gasteiger partial charge in [0.05, 0.1) is 36.5 Å². The van der Waals surface area contributed by atoms with Crippen LogP contribution in [0.1, 0.15) is 43.0 Å². The number of hydrogen-bond donors (Lipinski definition) is 4. The average Bonchev–Trinajstić information content (AvgIpc) is 3.41. The normalized spacial score (nSPS) is 50.1. The molecule has 10 nitrogen and oxygen atoms in total. The van der Waals surface area contributed by atoms with Crippen LogP contribution in [-0.2, 0) is 18.9 Å². The number of para-hydroxylation sites is 1. The number of piperidine rings is 1. The number of rotatable bonds is 8. The summed E-state index contributed by atoms with van der Waals surface area (Å²) in [6.45, 7) is 3.14. The van der Waals surface area contributed by atoms with Gasteiger partial charge in [0.2, 0.25) is 0 Å². The van der Waals surface area contributed by atoms with Crippen molar-refractivity contribution in [1.29, 1.82) is 0 Å². The van der Waals surface area contributed by atoms with Crippen molar-refractivity contribution in [2.75, 3.05) is 53.4 Å². The summed E-state index contributed by atoms with van der Waals surface area (Å²) in [5, 5.41) is 37.5. The quantitative estimate of drug-likeness (QED) is 0.260. The fourth-order valence-electron chi connectivity index (χ4n) is 12.2. The van der Waals surface area contributed by atoms with Gasteiger partial charge in [0, 0.05) is 75.2 Å². The van der Waals surface area contributed by atoms with Crippen LogP contribution in [0, 0.1) is 40.4 Å². The molecule has 42 heavy (non-hydrogen) atoms. The molecule has 1 spiro atoms. The molecule has 0 aromatic heterocycles. The SMILES string of the molecule is CCN1CC2(COC(=O)c3ccccc3N)CCC(OC)C34C5CC6C(OC)CC(O)(C5C6OC)C(O)(C(CO)C23)C14. The third-order valence-electron chi connectivity index (χ3n) is 13.1. The van der Waals surface area contributed by atoms with Gasteiger partial charge in [-0.2, -0.15) is 0 Å². The van der Waals surface area contributed by atoms with Gasteiger partial charge in [0.1, 0.15) is 11.2 Å². The highest BCUT2D eigenvalue weighted by molar-refractivity contribution is 5.95. The molecule has 7 bridgehead atoms. The Kier molecular flexibility index (Phi) is 6.62. The first-order valence-electron chi connectivity index (χ1n) is 15.5. The Labute approximate surface area is 247 Å². The lowest BCUT2D eigenvalue weighted by Gasteiger charge is -2.70. The molecular weight excluding hydrogens is 540 g/mol. The molecule has 13 atom stereocenters. The number of likely N-dealkylation sites (tertiary alicyclic amines) is 1. The van der Waals surface area contributed by atoms with Gasteiger partial charge in [0.25, 0.3) is 0 Å². The maximum absolute atomic E-state index is 13.4. The fourth-order valence-corrected chi connectivity index (χ4v) is 12.2. The van der Waals surface area contributed by atoms with Gasteiger partial charge >= 0.3 is 5.97 Å². The van der Waals surface area contributed by atoms with E-state index in [1.165, 1.54) is 0 Å². The third-order valence-corrected chi connectivity index (χ3v) is 13.1. The number of nitrogen functional groups attached to an aromatic ring is 1. The Morgan fingerprint density at radius 2 is 1.90 bits per heavy atom. The minimum Gasteiger partial charge on any atom is -0.461 e. The highest BCUT2D eigenvalue weighted by Gasteiger charge is 2.91. The van der Waals surface area contributed by atoms with Gasteiger partial charge in [-0.15, -0.1) is 0 Å². The third kappa shape index (κ3) is 3.12. The fraction of sp³-hybridized carbons (Fsp3) is 0.781. The number of likely N-dealkylation sites (N-methyl/N-ethyl adjacent to an activating group) is 1. The second-order valence-electron chi connectivity index (χ2n) is 14.0. The number of esters is 1. The van der Waals surface area contributed by atoms with Crippen LogP contribution in [-0.4, -0.2) is 109 Å². The monoisotopic (exact) mass is 586 g/mol. The Morgan fingerprint density at radius 3 is 2.55 bits per heavy atom. The molecule has 5 saturated carbocycles. The van der Waals surface area contributed by atoms with Gasteiger partial charge in [-0.25, -0.2) is 4.79 Å². The molecular formula is C32H46N2O8. The number of anilines is 1. The zero-order chi connectivity index (χ0) is 29.8. The Balaban J connectivity index is 1.41. The minimum absolute atomic E-state index is 0.0381. The lowest BCUT2D eigenvalue weighted by atomic mass is 9.42. The smallest absolute Gasteiger partial charge is 0.340 e. The minimum atomic E-state index is -1.65.